The molecule has 0 radical (unpaired) electrons. The van der Waals surface area contributed by atoms with Crippen molar-refractivity contribution in [2.24, 2.45) is 0 Å². The fraction of sp³-hybridized carbons (Fsp3) is 0.658. The Kier molecular flexibility index (Phi) is 22.9. The molecule has 4 N–H and O–H groups in total. The fourth-order valence-electron chi connectivity index (χ4n) is 12.3. The first-order valence-corrected chi connectivity index (χ1v) is 32.1. The third kappa shape index (κ3) is 19.3. The van der Waals surface area contributed by atoms with Gasteiger partial charge >= 0.3 is 0 Å². The minimum atomic E-state index is -0.261. The summed E-state index contributed by atoms with van der Waals surface area (Å²) in [4.78, 5) is 32.3. The number of benzene rings is 4. The maximum atomic E-state index is 14.0. The van der Waals surface area contributed by atoms with Crippen molar-refractivity contribution < 1.29 is 30.0 Å². The Morgan fingerprint density at radius 3 is 0.595 bits per heavy atom. The number of aromatic hydroxyl groups is 4. The number of phenols is 4. The minimum absolute atomic E-state index is 0.0495. The van der Waals surface area contributed by atoms with E-state index in [9.17, 15) is 30.0 Å². The Balaban J connectivity index is 1.67. The molecular formula is C76H120N2O6. The van der Waals surface area contributed by atoms with Crippen LogP contribution >= 0.6 is 0 Å². The van der Waals surface area contributed by atoms with Crippen LogP contribution in [0.1, 0.15) is 298 Å². The van der Waals surface area contributed by atoms with Crippen molar-refractivity contribution in [2.75, 3.05) is 13.1 Å². The van der Waals surface area contributed by atoms with Gasteiger partial charge in [-0.05, 0) is 174 Å². The molecule has 4 aromatic carbocycles. The van der Waals surface area contributed by atoms with Crippen molar-refractivity contribution in [3.63, 3.8) is 0 Å². The highest BCUT2D eigenvalue weighted by Crippen LogP contribution is 2.45. The van der Waals surface area contributed by atoms with Gasteiger partial charge in [0.05, 0.1) is 0 Å². The zero-order valence-corrected chi connectivity index (χ0v) is 58.2. The normalized spacial score (nSPS) is 13.3. The number of unbranched alkanes of at least 4 members (excludes halogenated alkanes) is 3. The average Bonchev–Trinajstić information content (AvgIpc) is 1.82. The first-order chi connectivity index (χ1) is 38.0. The summed E-state index contributed by atoms with van der Waals surface area (Å²) in [6, 6.07) is 17.3. The molecule has 2 amide bonds. The van der Waals surface area contributed by atoms with Crippen LogP contribution in [0.3, 0.4) is 0 Å². The summed E-state index contributed by atoms with van der Waals surface area (Å²) >= 11 is 0. The van der Waals surface area contributed by atoms with Gasteiger partial charge in [0.25, 0.3) is 0 Å². The second-order valence-corrected chi connectivity index (χ2v) is 33.5. The van der Waals surface area contributed by atoms with E-state index in [-0.39, 0.29) is 67.2 Å². The molecule has 0 aliphatic carbocycles. The largest absolute Gasteiger partial charge is 0.507 e. The smallest absolute Gasteiger partial charge is 0.219 e. The molecule has 0 aliphatic heterocycles. The molecular weight excluding hydrogens is 1040 g/mol. The average molecular weight is 1160 g/mol. The van der Waals surface area contributed by atoms with Crippen LogP contribution in [0, 0.1) is 0 Å². The maximum Gasteiger partial charge on any atom is 0.219 e. The Morgan fingerprint density at radius 1 is 0.310 bits per heavy atom. The molecule has 4 aromatic rings. The zero-order chi connectivity index (χ0) is 64.3. The van der Waals surface area contributed by atoms with Gasteiger partial charge in [-0.1, -0.05) is 228 Å². The monoisotopic (exact) mass is 1160 g/mol. The number of rotatable bonds is 21. The van der Waals surface area contributed by atoms with Gasteiger partial charge < -0.3 is 30.2 Å². The second-order valence-electron chi connectivity index (χ2n) is 33.5. The van der Waals surface area contributed by atoms with E-state index in [1.54, 1.807) is 13.8 Å². The highest BCUT2D eigenvalue weighted by molar-refractivity contribution is 5.74. The predicted octanol–water partition coefficient (Wildman–Crippen LogP) is 18.7. The van der Waals surface area contributed by atoms with Crippen LogP contribution in [0.15, 0.2) is 48.5 Å². The molecule has 0 bridgehead atoms. The van der Waals surface area contributed by atoms with E-state index in [2.05, 4.69) is 225 Å². The summed E-state index contributed by atoms with van der Waals surface area (Å²) in [7, 11) is 0. The van der Waals surface area contributed by atoms with E-state index in [4.69, 9.17) is 0 Å². The topological polar surface area (TPSA) is 122 Å². The zero-order valence-electron chi connectivity index (χ0n) is 58.2. The Hall–Kier alpha value is -4.98. The van der Waals surface area contributed by atoms with Crippen LogP contribution in [0.25, 0.3) is 0 Å². The van der Waals surface area contributed by atoms with E-state index in [0.717, 1.165) is 122 Å². The van der Waals surface area contributed by atoms with Crippen molar-refractivity contribution in [1.82, 2.24) is 9.80 Å². The molecule has 0 atom stereocenters. The van der Waals surface area contributed by atoms with Crippen molar-refractivity contribution in [3.05, 3.63) is 115 Å². The summed E-state index contributed by atoms with van der Waals surface area (Å²) < 4.78 is 0. The molecule has 0 unspecified atom stereocenters. The van der Waals surface area contributed by atoms with Gasteiger partial charge in [-0.3, -0.25) is 9.59 Å². The highest BCUT2D eigenvalue weighted by Gasteiger charge is 2.33. The fourth-order valence-corrected chi connectivity index (χ4v) is 12.3. The Bertz CT molecular complexity index is 2380. The van der Waals surface area contributed by atoms with Gasteiger partial charge in [-0.2, -0.15) is 0 Å². The van der Waals surface area contributed by atoms with E-state index >= 15 is 0 Å². The van der Waals surface area contributed by atoms with E-state index < -0.39 is 0 Å². The number of carbonyl (C=O) groups is 2. The molecule has 0 saturated carbocycles. The third-order valence-electron chi connectivity index (χ3n) is 17.4. The molecule has 0 spiro atoms. The molecule has 0 saturated heterocycles. The van der Waals surface area contributed by atoms with Crippen LogP contribution in [0.5, 0.6) is 23.0 Å². The number of aryl methyl sites for hydroxylation is 4. The summed E-state index contributed by atoms with van der Waals surface area (Å²) in [5.41, 5.74) is 10.1. The number of nitrogens with zero attached hydrogens (tertiary/aromatic N) is 2. The molecule has 0 heterocycles. The first-order valence-electron chi connectivity index (χ1n) is 32.1. The second kappa shape index (κ2) is 27.0. The van der Waals surface area contributed by atoms with E-state index in [1.165, 1.54) is 22.3 Å². The third-order valence-corrected chi connectivity index (χ3v) is 17.4. The molecule has 4 rings (SSSR count). The van der Waals surface area contributed by atoms with E-state index in [1.807, 2.05) is 0 Å². The van der Waals surface area contributed by atoms with Crippen LogP contribution in [-0.4, -0.2) is 67.2 Å². The summed E-state index contributed by atoms with van der Waals surface area (Å²) in [5, 5.41) is 46.5. The molecule has 0 aliphatic rings. The summed E-state index contributed by atoms with van der Waals surface area (Å²) in [6.45, 7) is 56.3. The molecule has 8 nitrogen and oxygen atoms in total. The Labute approximate surface area is 513 Å². The predicted molar refractivity (Wildman–Crippen MR) is 356 cm³/mol. The van der Waals surface area contributed by atoms with Gasteiger partial charge in [0.15, 0.2) is 0 Å². The van der Waals surface area contributed by atoms with Crippen molar-refractivity contribution >= 4 is 11.8 Å². The van der Waals surface area contributed by atoms with Crippen LogP contribution in [0.2, 0.25) is 0 Å². The summed E-state index contributed by atoms with van der Waals surface area (Å²) in [5.74, 6) is 1.61. The van der Waals surface area contributed by atoms with Gasteiger partial charge in [0.1, 0.15) is 23.0 Å². The molecule has 8 heteroatoms. The van der Waals surface area contributed by atoms with Crippen molar-refractivity contribution in [1.29, 1.82) is 0 Å². The van der Waals surface area contributed by atoms with E-state index in [0.29, 0.717) is 36.1 Å². The van der Waals surface area contributed by atoms with Crippen LogP contribution < -0.4 is 0 Å². The SMILES string of the molecule is CC(=O)N(CCCCCCN(C(C)=O)C(CCc1cc(C(C)(C)C)c(O)c(C(C)(C)C)c1)CCc1cc(C(C)(C)C)c(O)c(C(C)(C)C)c1)C(CCc1cc(C(C)(C)C)c(O)c(C(C)(C)C)c1)CCc1cc(C(C)(C)C)c(O)c(C(C)(C)C)c1. The Morgan fingerprint density at radius 2 is 0.464 bits per heavy atom. The standard InChI is InChI=1S/C76H120N2O6/c1-49(79)77(55(35-31-51-41-57(69(3,4)5)65(81)58(42-51)70(6,7)8)36-32-52-43-59(71(9,10)11)66(82)60(44-52)72(12,13)14)39-29-27-28-30-40-78(50(2)80)56(37-33-53-45-61(73(15,16)17)67(83)62(46-53)74(18,19)20)38-34-54-47-63(75(21,22)23)68(84)64(48-54)76(24,25)26/h41-48,55-56,81-84H,27-40H2,1-26H3. The maximum absolute atomic E-state index is 14.0. The highest BCUT2D eigenvalue weighted by atomic mass is 16.3. The lowest BCUT2D eigenvalue weighted by molar-refractivity contribution is -0.132. The minimum Gasteiger partial charge on any atom is -0.507 e. The quantitative estimate of drug-likeness (QED) is 0.0617. The van der Waals surface area contributed by atoms with Gasteiger partial charge in [-0.25, -0.2) is 0 Å². The van der Waals surface area contributed by atoms with Crippen molar-refractivity contribution in [3.8, 4) is 23.0 Å². The van der Waals surface area contributed by atoms with Crippen molar-refractivity contribution in [2.45, 2.75) is 312 Å². The first kappa shape index (κ1) is 71.5. The lowest BCUT2D eigenvalue weighted by Gasteiger charge is -2.33. The van der Waals surface area contributed by atoms with Crippen LogP contribution in [0.4, 0.5) is 0 Å². The molecule has 470 valence electrons. The number of hydrogen-bond acceptors (Lipinski definition) is 6. The number of phenolic OH excluding ortho intramolecular Hbond substituents is 4. The summed E-state index contributed by atoms with van der Waals surface area (Å²) in [6.07, 6.45) is 9.57. The number of amides is 2. The molecule has 84 heavy (non-hydrogen) atoms. The lowest BCUT2D eigenvalue weighted by Crippen LogP contribution is -2.41. The van der Waals surface area contributed by atoms with Gasteiger partial charge in [0.2, 0.25) is 11.8 Å². The van der Waals surface area contributed by atoms with Gasteiger partial charge in [0, 0.05) is 39.0 Å². The van der Waals surface area contributed by atoms with Crippen LogP contribution in [-0.2, 0) is 78.6 Å². The lowest BCUT2D eigenvalue weighted by atomic mass is 9.77. The number of hydrogen-bond donors (Lipinski definition) is 4. The number of carbonyl (C=O) groups excluding carboxylic acids is 2. The van der Waals surface area contributed by atoms with Gasteiger partial charge in [-0.15, -0.1) is 0 Å². The molecule has 0 aromatic heterocycles. The molecule has 0 fully saturated rings.